The lowest BCUT2D eigenvalue weighted by Crippen LogP contribution is -2.29. The van der Waals surface area contributed by atoms with E-state index in [9.17, 15) is 25.2 Å². The fourth-order valence-electron chi connectivity index (χ4n) is 4.90. The van der Waals surface area contributed by atoms with Crippen molar-refractivity contribution in [2.45, 2.75) is 5.60 Å². The van der Waals surface area contributed by atoms with Crippen molar-refractivity contribution in [2.24, 2.45) is 0 Å². The summed E-state index contributed by atoms with van der Waals surface area (Å²) in [6, 6.07) is 23.3. The Bertz CT molecular complexity index is 1560. The van der Waals surface area contributed by atoms with Crippen LogP contribution in [0.25, 0.3) is 21.5 Å². The van der Waals surface area contributed by atoms with Gasteiger partial charge in [-0.05, 0) is 41.1 Å². The van der Waals surface area contributed by atoms with E-state index in [1.165, 1.54) is 12.1 Å². The molecule has 0 spiro atoms. The molecule has 34 heavy (non-hydrogen) atoms. The molecule has 0 atom stereocenters. The molecule has 5 aromatic carbocycles. The number of phenols is 4. The Morgan fingerprint density at radius 1 is 0.618 bits per heavy atom. The third-order valence-corrected chi connectivity index (χ3v) is 6.42. The van der Waals surface area contributed by atoms with Gasteiger partial charge in [0, 0.05) is 39.6 Å². The number of benzene rings is 5. The van der Waals surface area contributed by atoms with Crippen LogP contribution in [-0.2, 0) is 10.3 Å². The summed E-state index contributed by atoms with van der Waals surface area (Å²) in [6.45, 7) is 0. The second kappa shape index (κ2) is 6.89. The molecule has 166 valence electrons. The number of carbonyl (C=O) groups excluding carboxylic acids is 1. The van der Waals surface area contributed by atoms with Crippen LogP contribution in [0.4, 0.5) is 0 Å². The maximum absolute atomic E-state index is 13.0. The van der Waals surface area contributed by atoms with Crippen molar-refractivity contribution in [1.82, 2.24) is 0 Å². The van der Waals surface area contributed by atoms with Crippen LogP contribution in [-0.4, -0.2) is 26.4 Å². The molecule has 1 heterocycles. The van der Waals surface area contributed by atoms with Gasteiger partial charge in [-0.15, -0.1) is 0 Å². The third kappa shape index (κ3) is 2.72. The molecule has 0 radical (unpaired) electrons. The van der Waals surface area contributed by atoms with Gasteiger partial charge < -0.3 is 25.2 Å². The summed E-state index contributed by atoms with van der Waals surface area (Å²) in [5.41, 5.74) is 0.904. The molecular weight excluding hydrogens is 432 g/mol. The Morgan fingerprint density at radius 3 is 1.71 bits per heavy atom. The van der Waals surface area contributed by atoms with E-state index in [1.54, 1.807) is 60.7 Å². The quantitative estimate of drug-likeness (QED) is 0.273. The van der Waals surface area contributed by atoms with Gasteiger partial charge in [-0.2, -0.15) is 0 Å². The molecule has 0 unspecified atom stereocenters. The number of hydrogen-bond acceptors (Lipinski definition) is 6. The SMILES string of the molecule is O=C1OC(c2ccc3cc(O)cc(O)c3c2)(c2ccc3cc(O)cc(O)c3c2)c2ccccc21. The summed E-state index contributed by atoms with van der Waals surface area (Å²) in [5, 5.41) is 43.0. The number of rotatable bonds is 2. The predicted molar refractivity (Wildman–Crippen MR) is 126 cm³/mol. The fourth-order valence-corrected chi connectivity index (χ4v) is 4.90. The van der Waals surface area contributed by atoms with Crippen LogP contribution >= 0.6 is 0 Å². The van der Waals surface area contributed by atoms with E-state index >= 15 is 0 Å². The highest BCUT2D eigenvalue weighted by molar-refractivity contribution is 5.98. The molecule has 4 N–H and O–H groups in total. The molecule has 0 aromatic heterocycles. The Morgan fingerprint density at radius 2 is 1.15 bits per heavy atom. The predicted octanol–water partition coefficient (Wildman–Crippen LogP) is 5.28. The first-order chi connectivity index (χ1) is 16.4. The average Bonchev–Trinajstić information content (AvgIpc) is 3.12. The summed E-state index contributed by atoms with van der Waals surface area (Å²) in [6.07, 6.45) is 0. The number of fused-ring (bicyclic) bond motifs is 3. The minimum Gasteiger partial charge on any atom is -0.508 e. The Kier molecular flexibility index (Phi) is 4.04. The average molecular weight is 450 g/mol. The highest BCUT2D eigenvalue weighted by Gasteiger charge is 2.48. The van der Waals surface area contributed by atoms with E-state index in [4.69, 9.17) is 4.74 Å². The number of aromatic hydroxyl groups is 4. The minimum atomic E-state index is -1.34. The van der Waals surface area contributed by atoms with Crippen molar-refractivity contribution in [2.75, 3.05) is 0 Å². The summed E-state index contributed by atoms with van der Waals surface area (Å²) in [4.78, 5) is 13.0. The molecule has 6 nitrogen and oxygen atoms in total. The number of esters is 1. The van der Waals surface area contributed by atoms with Gasteiger partial charge in [0.15, 0.2) is 5.60 Å². The second-order valence-electron chi connectivity index (χ2n) is 8.42. The van der Waals surface area contributed by atoms with Crippen LogP contribution in [0.2, 0.25) is 0 Å². The van der Waals surface area contributed by atoms with Gasteiger partial charge in [0.25, 0.3) is 0 Å². The third-order valence-electron chi connectivity index (χ3n) is 6.42. The van der Waals surface area contributed by atoms with Gasteiger partial charge in [-0.1, -0.05) is 42.5 Å². The van der Waals surface area contributed by atoms with E-state index < -0.39 is 11.6 Å². The maximum Gasteiger partial charge on any atom is 0.340 e. The molecule has 6 heteroatoms. The fraction of sp³-hybridized carbons (Fsp3) is 0.0357. The van der Waals surface area contributed by atoms with Crippen molar-refractivity contribution in [3.05, 3.63) is 107 Å². The number of ether oxygens (including phenoxy) is 1. The molecule has 1 aliphatic rings. The highest BCUT2D eigenvalue weighted by atomic mass is 16.6. The lowest BCUT2D eigenvalue weighted by Gasteiger charge is -2.31. The summed E-state index contributed by atoms with van der Waals surface area (Å²) in [7, 11) is 0. The van der Waals surface area contributed by atoms with Gasteiger partial charge >= 0.3 is 5.97 Å². The van der Waals surface area contributed by atoms with Crippen molar-refractivity contribution >= 4 is 27.5 Å². The maximum atomic E-state index is 13.0. The molecule has 1 aliphatic heterocycles. The topological polar surface area (TPSA) is 107 Å². The van der Waals surface area contributed by atoms with Gasteiger partial charge in [-0.3, -0.25) is 0 Å². The molecule has 0 saturated carbocycles. The summed E-state index contributed by atoms with van der Waals surface area (Å²) in [5.74, 6) is -0.801. The molecule has 0 saturated heterocycles. The first-order valence-corrected chi connectivity index (χ1v) is 10.6. The smallest absolute Gasteiger partial charge is 0.340 e. The van der Waals surface area contributed by atoms with Crippen molar-refractivity contribution in [3.8, 4) is 23.0 Å². The standard InChI is InChI=1S/C28H18O6/c29-19-9-15-5-7-17(11-22(15)25(31)13-19)28(24-4-2-1-3-21(24)27(33)34-28)18-8-6-16-10-20(30)14-26(32)23(16)12-18/h1-14,29-32H. The van der Waals surface area contributed by atoms with Crippen LogP contribution in [0.5, 0.6) is 23.0 Å². The zero-order valence-corrected chi connectivity index (χ0v) is 17.7. The van der Waals surface area contributed by atoms with Crippen LogP contribution in [0.1, 0.15) is 27.0 Å². The highest BCUT2D eigenvalue weighted by Crippen LogP contribution is 2.49. The normalized spacial score (nSPS) is 14.3. The monoisotopic (exact) mass is 450 g/mol. The Labute approximate surface area is 193 Å². The lowest BCUT2D eigenvalue weighted by atomic mass is 9.78. The second-order valence-corrected chi connectivity index (χ2v) is 8.42. The van der Waals surface area contributed by atoms with Gasteiger partial charge in [0.05, 0.1) is 5.56 Å². The lowest BCUT2D eigenvalue weighted by molar-refractivity contribution is 0.0252. The molecule has 0 amide bonds. The van der Waals surface area contributed by atoms with E-state index in [1.807, 2.05) is 12.1 Å². The zero-order valence-electron chi connectivity index (χ0n) is 17.7. The number of carbonyl (C=O) groups is 1. The first kappa shape index (κ1) is 19.9. The largest absolute Gasteiger partial charge is 0.508 e. The van der Waals surface area contributed by atoms with Crippen LogP contribution in [0.3, 0.4) is 0 Å². The molecular formula is C28H18O6. The number of hydrogen-bond donors (Lipinski definition) is 4. The molecule has 0 fully saturated rings. The number of phenolic OH excluding ortho intramolecular Hbond substituents is 4. The molecule has 0 bridgehead atoms. The minimum absolute atomic E-state index is 0.0571. The van der Waals surface area contributed by atoms with E-state index in [-0.39, 0.29) is 23.0 Å². The van der Waals surface area contributed by atoms with Crippen molar-refractivity contribution < 1.29 is 30.0 Å². The van der Waals surface area contributed by atoms with Crippen LogP contribution < -0.4 is 0 Å². The summed E-state index contributed by atoms with van der Waals surface area (Å²) < 4.78 is 6.12. The van der Waals surface area contributed by atoms with Gasteiger partial charge in [0.1, 0.15) is 23.0 Å². The Balaban J connectivity index is 1.69. The van der Waals surface area contributed by atoms with Gasteiger partial charge in [0.2, 0.25) is 0 Å². The van der Waals surface area contributed by atoms with E-state index in [0.29, 0.717) is 43.8 Å². The first-order valence-electron chi connectivity index (χ1n) is 10.6. The number of cyclic esters (lactones) is 1. The zero-order chi connectivity index (χ0) is 23.6. The van der Waals surface area contributed by atoms with E-state index in [2.05, 4.69) is 0 Å². The molecule has 6 rings (SSSR count). The van der Waals surface area contributed by atoms with Gasteiger partial charge in [-0.25, -0.2) is 4.79 Å². The van der Waals surface area contributed by atoms with Crippen molar-refractivity contribution in [1.29, 1.82) is 0 Å². The Hall–Kier alpha value is -4.71. The molecule has 5 aromatic rings. The van der Waals surface area contributed by atoms with Crippen LogP contribution in [0, 0.1) is 0 Å². The van der Waals surface area contributed by atoms with Crippen molar-refractivity contribution in [3.63, 3.8) is 0 Å². The van der Waals surface area contributed by atoms with E-state index in [0.717, 1.165) is 0 Å². The van der Waals surface area contributed by atoms with Crippen LogP contribution in [0.15, 0.2) is 84.9 Å². The molecule has 0 aliphatic carbocycles. The summed E-state index contributed by atoms with van der Waals surface area (Å²) >= 11 is 0.